The molecule has 2 unspecified atom stereocenters. The second kappa shape index (κ2) is 30.0. The fraction of sp³-hybridized carbons (Fsp3) is 0.692. The topological polar surface area (TPSA) is 143 Å². The number of hydrogen-bond donors (Lipinski definition) is 0. The van der Waals surface area contributed by atoms with Crippen LogP contribution in [0.5, 0.6) is 5.75 Å². The van der Waals surface area contributed by atoms with Gasteiger partial charge in [-0.1, -0.05) is 39.0 Å². The quantitative estimate of drug-likeness (QED) is 0.0629. The smallest absolute Gasteiger partial charge is 0.319 e. The molecule has 0 radical (unpaired) electrons. The van der Waals surface area contributed by atoms with E-state index in [1.807, 2.05) is 46.0 Å². The minimum absolute atomic E-state index is 0.0462. The Labute approximate surface area is 325 Å². The molecule has 1 fully saturated rings. The minimum Gasteiger partial charge on any atom is -0.488 e. The van der Waals surface area contributed by atoms with Crippen molar-refractivity contribution in [2.75, 3.05) is 100 Å². The lowest BCUT2D eigenvalue weighted by molar-refractivity contribution is -0.144. The number of carbonyl (C=O) groups is 3. The number of carbonyl (C=O) groups excluding carboxylic acids is 3. The Morgan fingerprint density at radius 3 is 1.74 bits per heavy atom. The van der Waals surface area contributed by atoms with E-state index in [1.54, 1.807) is 0 Å². The van der Waals surface area contributed by atoms with Crippen LogP contribution >= 0.6 is 8.53 Å². The van der Waals surface area contributed by atoms with Crippen LogP contribution in [0.4, 0.5) is 0 Å². The largest absolute Gasteiger partial charge is 0.488 e. The van der Waals surface area contributed by atoms with Crippen molar-refractivity contribution >= 4 is 26.4 Å². The summed E-state index contributed by atoms with van der Waals surface area (Å²) in [7, 11) is 4.85. The second-order valence-corrected chi connectivity index (χ2v) is 14.5. The molecule has 15 heteroatoms. The zero-order valence-corrected chi connectivity index (χ0v) is 34.7. The fourth-order valence-corrected chi connectivity index (χ4v) is 6.47. The van der Waals surface area contributed by atoms with Gasteiger partial charge in [-0.15, -0.1) is 0 Å². The van der Waals surface area contributed by atoms with Crippen LogP contribution in [0.15, 0.2) is 24.3 Å². The van der Waals surface area contributed by atoms with E-state index >= 15 is 0 Å². The third-order valence-corrected chi connectivity index (χ3v) is 10.0. The Bertz CT molecular complexity index is 1270. The Morgan fingerprint density at radius 2 is 1.28 bits per heavy atom. The molecule has 0 amide bonds. The average molecular weight is 778 g/mol. The van der Waals surface area contributed by atoms with E-state index in [0.29, 0.717) is 83.5 Å². The van der Waals surface area contributed by atoms with Gasteiger partial charge in [0.25, 0.3) is 8.53 Å². The zero-order valence-electron chi connectivity index (χ0n) is 33.8. The lowest BCUT2D eigenvalue weighted by Crippen LogP contribution is -2.52. The summed E-state index contributed by atoms with van der Waals surface area (Å²) in [5, 5.41) is 8.80. The van der Waals surface area contributed by atoms with Gasteiger partial charge in [-0.3, -0.25) is 29.1 Å². The van der Waals surface area contributed by atoms with Crippen LogP contribution < -0.4 is 4.74 Å². The number of rotatable bonds is 19. The molecule has 1 saturated heterocycles. The molecule has 2 atom stereocenters. The molecular formula is C39H64N5O9P. The first-order chi connectivity index (χ1) is 26.0. The monoisotopic (exact) mass is 777 g/mol. The van der Waals surface area contributed by atoms with Crippen molar-refractivity contribution in [3.8, 4) is 23.7 Å². The number of nitrogens with zero attached hydrogens (tertiary/aromatic N) is 5. The summed E-state index contributed by atoms with van der Waals surface area (Å²) in [6.07, 6.45) is 4.40. The SMILES string of the molecule is CCC.CCC(C)N(C)P(OCCCC#N)OCCCC#Cc1ccc(OC2CN(CC(=O)OC)CCN(CC(=O)OC)CCN(CC(=O)OC)C2)cc1. The number of esters is 3. The van der Waals surface area contributed by atoms with Crippen LogP contribution in [-0.4, -0.2) is 150 Å². The third kappa shape index (κ3) is 21.5. The molecule has 14 nitrogen and oxygen atoms in total. The summed E-state index contributed by atoms with van der Waals surface area (Å²) in [6, 6.07) is 9.99. The number of nitriles is 1. The van der Waals surface area contributed by atoms with Gasteiger partial charge in [0.1, 0.15) is 11.9 Å². The van der Waals surface area contributed by atoms with Crippen LogP contribution in [0, 0.1) is 23.2 Å². The van der Waals surface area contributed by atoms with Gasteiger partial charge < -0.3 is 28.0 Å². The first-order valence-electron chi connectivity index (χ1n) is 18.8. The summed E-state index contributed by atoms with van der Waals surface area (Å²) in [5.74, 6) is 5.92. The van der Waals surface area contributed by atoms with Gasteiger partial charge in [-0.25, -0.2) is 4.67 Å². The standard InChI is InChI=1S/C36H56N5O9P.C3H8/c1-7-30(2)38(3)51(49-24-12-10-18-37)48-23-11-8-9-13-31-14-16-32(17-15-31)50-33-25-40(28-35(43)46-5)21-19-39(27-34(42)45-4)20-22-41(26-33)29-36(44)47-6;1-3-2/h14-17,30,33H,7-8,10-12,19-29H2,1-6H3;3H2,1-2H3. The van der Waals surface area contributed by atoms with E-state index in [2.05, 4.69) is 50.3 Å². The van der Waals surface area contributed by atoms with E-state index in [0.717, 1.165) is 18.4 Å². The van der Waals surface area contributed by atoms with Crippen molar-refractivity contribution in [2.45, 2.75) is 78.4 Å². The maximum Gasteiger partial charge on any atom is 0.319 e. The minimum atomic E-state index is -1.20. The van der Waals surface area contributed by atoms with Gasteiger partial charge in [-0.2, -0.15) is 5.26 Å². The van der Waals surface area contributed by atoms with Gasteiger partial charge in [0.05, 0.1) is 60.2 Å². The first-order valence-corrected chi connectivity index (χ1v) is 19.9. The Morgan fingerprint density at radius 1 is 0.815 bits per heavy atom. The summed E-state index contributed by atoms with van der Waals surface area (Å²) in [5.41, 5.74) is 0.846. The molecule has 0 aromatic heterocycles. The van der Waals surface area contributed by atoms with Crippen LogP contribution in [0.2, 0.25) is 0 Å². The normalized spacial score (nSPS) is 15.7. The van der Waals surface area contributed by atoms with Gasteiger partial charge in [0, 0.05) is 63.7 Å². The Kier molecular flexibility index (Phi) is 27.0. The highest BCUT2D eigenvalue weighted by Crippen LogP contribution is 2.43. The van der Waals surface area contributed by atoms with Crippen LogP contribution in [0.25, 0.3) is 0 Å². The predicted molar refractivity (Wildman–Crippen MR) is 209 cm³/mol. The summed E-state index contributed by atoms with van der Waals surface area (Å²) >= 11 is 0. The molecule has 0 N–H and O–H groups in total. The Hall–Kier alpha value is -3.33. The highest BCUT2D eigenvalue weighted by atomic mass is 31.2. The number of benzene rings is 1. The number of methoxy groups -OCH3 is 3. The van der Waals surface area contributed by atoms with Crippen molar-refractivity contribution in [3.05, 3.63) is 29.8 Å². The van der Waals surface area contributed by atoms with E-state index < -0.39 is 14.6 Å². The molecule has 1 aromatic rings. The second-order valence-electron chi connectivity index (χ2n) is 12.8. The van der Waals surface area contributed by atoms with Crippen molar-refractivity contribution in [1.29, 1.82) is 5.26 Å². The maximum absolute atomic E-state index is 12.3. The van der Waals surface area contributed by atoms with Crippen LogP contribution in [0.1, 0.15) is 71.8 Å². The van der Waals surface area contributed by atoms with Gasteiger partial charge in [-0.05, 0) is 57.5 Å². The lowest BCUT2D eigenvalue weighted by atomic mass is 10.2. The van der Waals surface area contributed by atoms with E-state index in [-0.39, 0.29) is 37.5 Å². The van der Waals surface area contributed by atoms with Gasteiger partial charge in [0.15, 0.2) is 0 Å². The van der Waals surface area contributed by atoms with E-state index in [4.69, 9.17) is 33.3 Å². The van der Waals surface area contributed by atoms with Crippen molar-refractivity contribution in [1.82, 2.24) is 19.4 Å². The molecule has 1 aliphatic heterocycles. The van der Waals surface area contributed by atoms with Gasteiger partial charge in [0.2, 0.25) is 0 Å². The zero-order chi connectivity index (χ0) is 40.1. The third-order valence-electron chi connectivity index (χ3n) is 8.29. The highest BCUT2D eigenvalue weighted by Gasteiger charge is 2.26. The first kappa shape index (κ1) is 48.7. The van der Waals surface area contributed by atoms with Crippen molar-refractivity contribution < 1.29 is 42.4 Å². The highest BCUT2D eigenvalue weighted by molar-refractivity contribution is 7.44. The molecule has 304 valence electrons. The van der Waals surface area contributed by atoms with Crippen LogP contribution in [0.3, 0.4) is 0 Å². The maximum atomic E-state index is 12.3. The number of unbranched alkanes of at least 4 members (excludes halogenated alkanes) is 2. The molecule has 54 heavy (non-hydrogen) atoms. The summed E-state index contributed by atoms with van der Waals surface area (Å²) in [4.78, 5) is 42.4. The Balaban J connectivity index is 0.00000469. The molecule has 1 heterocycles. The molecule has 1 aliphatic rings. The predicted octanol–water partition coefficient (Wildman–Crippen LogP) is 4.71. The lowest BCUT2D eigenvalue weighted by Gasteiger charge is -2.35. The number of hydrogen-bond acceptors (Lipinski definition) is 14. The summed E-state index contributed by atoms with van der Waals surface area (Å²) in [6.45, 7) is 12.5. The molecule has 2 rings (SSSR count). The van der Waals surface area contributed by atoms with Crippen molar-refractivity contribution in [2.24, 2.45) is 0 Å². The van der Waals surface area contributed by atoms with E-state index in [9.17, 15) is 14.4 Å². The van der Waals surface area contributed by atoms with Crippen LogP contribution in [-0.2, 0) is 37.6 Å². The molecule has 0 aliphatic carbocycles. The molecule has 0 bridgehead atoms. The molecular weight excluding hydrogens is 713 g/mol. The average Bonchev–Trinajstić information content (AvgIpc) is 3.17. The van der Waals surface area contributed by atoms with E-state index in [1.165, 1.54) is 27.8 Å². The molecule has 1 aromatic carbocycles. The van der Waals surface area contributed by atoms with Gasteiger partial charge >= 0.3 is 17.9 Å². The molecule has 0 spiro atoms. The van der Waals surface area contributed by atoms with Crippen molar-refractivity contribution in [3.63, 3.8) is 0 Å². The fourth-order valence-electron chi connectivity index (χ4n) is 4.97. The summed E-state index contributed by atoms with van der Waals surface area (Å²) < 4.78 is 35.4. The number of ether oxygens (including phenoxy) is 4. The molecule has 0 saturated carbocycles.